The van der Waals surface area contributed by atoms with Gasteiger partial charge in [-0.3, -0.25) is 9.59 Å². The molecule has 3 rings (SSSR count). The van der Waals surface area contributed by atoms with Crippen LogP contribution < -0.4 is 5.73 Å². The fourth-order valence-electron chi connectivity index (χ4n) is 3.83. The van der Waals surface area contributed by atoms with Gasteiger partial charge in [0.2, 0.25) is 5.91 Å². The van der Waals surface area contributed by atoms with Crippen LogP contribution in [0.5, 0.6) is 0 Å². The summed E-state index contributed by atoms with van der Waals surface area (Å²) in [6, 6.07) is 6.18. The smallest absolute Gasteiger partial charge is 0.223 e. The Hall–Kier alpha value is -1.68. The third-order valence-corrected chi connectivity index (χ3v) is 5.21. The van der Waals surface area contributed by atoms with Crippen molar-refractivity contribution in [3.63, 3.8) is 0 Å². The SMILES string of the molecule is NCC1CCCCN1C(=O)CCC(=O)c1ccc2c(c1)CCC2. The van der Waals surface area contributed by atoms with Gasteiger partial charge >= 0.3 is 0 Å². The number of fused-ring (bicyclic) bond motifs is 1. The standard InChI is InChI=1S/C19H26N2O2/c20-13-17-6-1-2-11-21(17)19(23)10-9-18(22)16-8-7-14-4-3-5-15(14)12-16/h7-8,12,17H,1-6,9-11,13,20H2. The molecule has 0 saturated carbocycles. The number of Topliss-reactive ketones (excluding diaryl/α,β-unsaturated/α-hetero) is 1. The Balaban J connectivity index is 1.57. The minimum Gasteiger partial charge on any atom is -0.338 e. The number of benzene rings is 1. The Kier molecular flexibility index (Phi) is 5.11. The van der Waals surface area contributed by atoms with E-state index in [2.05, 4.69) is 6.07 Å². The Labute approximate surface area is 138 Å². The van der Waals surface area contributed by atoms with E-state index in [1.807, 2.05) is 17.0 Å². The molecule has 1 aliphatic heterocycles. The zero-order chi connectivity index (χ0) is 16.2. The molecule has 1 saturated heterocycles. The highest BCUT2D eigenvalue weighted by molar-refractivity contribution is 5.98. The van der Waals surface area contributed by atoms with Crippen molar-refractivity contribution in [1.82, 2.24) is 4.90 Å². The second-order valence-electron chi connectivity index (χ2n) is 6.73. The van der Waals surface area contributed by atoms with Crippen molar-refractivity contribution in [2.24, 2.45) is 5.73 Å². The van der Waals surface area contributed by atoms with E-state index in [4.69, 9.17) is 5.73 Å². The number of amides is 1. The van der Waals surface area contributed by atoms with E-state index in [9.17, 15) is 9.59 Å². The summed E-state index contributed by atoms with van der Waals surface area (Å²) in [6.07, 6.45) is 7.14. The van der Waals surface area contributed by atoms with Crippen molar-refractivity contribution in [3.05, 3.63) is 34.9 Å². The van der Waals surface area contributed by atoms with Crippen molar-refractivity contribution >= 4 is 11.7 Å². The topological polar surface area (TPSA) is 63.4 Å². The number of piperidine rings is 1. The largest absolute Gasteiger partial charge is 0.338 e. The number of hydrogen-bond donors (Lipinski definition) is 1. The molecule has 4 heteroatoms. The number of hydrogen-bond acceptors (Lipinski definition) is 3. The molecule has 124 valence electrons. The summed E-state index contributed by atoms with van der Waals surface area (Å²) < 4.78 is 0. The molecule has 0 bridgehead atoms. The molecule has 1 aliphatic carbocycles. The lowest BCUT2D eigenvalue weighted by Gasteiger charge is -2.35. The first kappa shape index (κ1) is 16.2. The molecule has 1 aromatic rings. The van der Waals surface area contributed by atoms with Gasteiger partial charge in [0.25, 0.3) is 0 Å². The molecule has 4 nitrogen and oxygen atoms in total. The first-order valence-corrected chi connectivity index (χ1v) is 8.83. The van der Waals surface area contributed by atoms with Crippen LogP contribution >= 0.6 is 0 Å². The van der Waals surface area contributed by atoms with Crippen LogP contribution in [0.25, 0.3) is 0 Å². The van der Waals surface area contributed by atoms with Gasteiger partial charge in [0.15, 0.2) is 5.78 Å². The summed E-state index contributed by atoms with van der Waals surface area (Å²) in [5, 5.41) is 0. The van der Waals surface area contributed by atoms with Gasteiger partial charge in [0.05, 0.1) is 0 Å². The number of aryl methyl sites for hydroxylation is 2. The minimum absolute atomic E-state index is 0.0781. The lowest BCUT2D eigenvalue weighted by molar-refractivity contribution is -0.134. The Bertz CT molecular complexity index is 597. The number of carbonyl (C=O) groups is 2. The van der Waals surface area contributed by atoms with Crippen LogP contribution in [-0.4, -0.2) is 35.7 Å². The molecule has 1 aromatic carbocycles. The summed E-state index contributed by atoms with van der Waals surface area (Å²) in [5.74, 6) is 0.156. The second kappa shape index (κ2) is 7.26. The zero-order valence-electron chi connectivity index (χ0n) is 13.7. The average Bonchev–Trinajstić information content (AvgIpc) is 3.06. The van der Waals surface area contributed by atoms with Crippen molar-refractivity contribution < 1.29 is 9.59 Å². The van der Waals surface area contributed by atoms with Crippen LogP contribution in [0.2, 0.25) is 0 Å². The van der Waals surface area contributed by atoms with Crippen LogP contribution in [0.3, 0.4) is 0 Å². The molecule has 0 radical (unpaired) electrons. The van der Waals surface area contributed by atoms with Crippen LogP contribution in [0, 0.1) is 0 Å². The monoisotopic (exact) mass is 314 g/mol. The lowest BCUT2D eigenvalue weighted by atomic mass is 9.99. The Morgan fingerprint density at radius 1 is 1.09 bits per heavy atom. The summed E-state index contributed by atoms with van der Waals surface area (Å²) in [6.45, 7) is 1.30. The van der Waals surface area contributed by atoms with Crippen LogP contribution in [-0.2, 0) is 17.6 Å². The van der Waals surface area contributed by atoms with Gasteiger partial charge in [-0.1, -0.05) is 12.1 Å². The average molecular weight is 314 g/mol. The fourth-order valence-corrected chi connectivity index (χ4v) is 3.83. The van der Waals surface area contributed by atoms with Gasteiger partial charge < -0.3 is 10.6 Å². The lowest BCUT2D eigenvalue weighted by Crippen LogP contribution is -2.47. The fraction of sp³-hybridized carbons (Fsp3) is 0.579. The van der Waals surface area contributed by atoms with E-state index in [1.54, 1.807) is 0 Å². The zero-order valence-corrected chi connectivity index (χ0v) is 13.7. The van der Waals surface area contributed by atoms with E-state index < -0.39 is 0 Å². The molecular weight excluding hydrogens is 288 g/mol. The molecule has 1 fully saturated rings. The molecule has 0 aromatic heterocycles. The molecule has 1 unspecified atom stereocenters. The number of likely N-dealkylation sites (tertiary alicyclic amines) is 1. The Morgan fingerprint density at radius 2 is 1.91 bits per heavy atom. The van der Waals surface area contributed by atoms with E-state index in [1.165, 1.54) is 17.5 Å². The van der Waals surface area contributed by atoms with Crippen molar-refractivity contribution in [1.29, 1.82) is 0 Å². The van der Waals surface area contributed by atoms with Gasteiger partial charge in [-0.05, 0) is 55.7 Å². The Morgan fingerprint density at radius 3 is 2.74 bits per heavy atom. The predicted octanol–water partition coefficient (Wildman–Crippen LogP) is 2.48. The normalized spacial score (nSPS) is 20.4. The molecule has 1 atom stereocenters. The maximum atomic E-state index is 12.4. The number of ketones is 1. The molecule has 2 N–H and O–H groups in total. The first-order valence-electron chi connectivity index (χ1n) is 8.83. The van der Waals surface area contributed by atoms with Crippen LogP contribution in [0.1, 0.15) is 60.0 Å². The van der Waals surface area contributed by atoms with Crippen molar-refractivity contribution in [2.45, 2.75) is 57.4 Å². The molecule has 1 heterocycles. The van der Waals surface area contributed by atoms with E-state index >= 15 is 0 Å². The van der Waals surface area contributed by atoms with Crippen LogP contribution in [0.4, 0.5) is 0 Å². The summed E-state index contributed by atoms with van der Waals surface area (Å²) in [5.41, 5.74) is 9.21. The van der Waals surface area contributed by atoms with Crippen LogP contribution in [0.15, 0.2) is 18.2 Å². The van der Waals surface area contributed by atoms with Gasteiger partial charge in [-0.2, -0.15) is 0 Å². The molecule has 0 spiro atoms. The first-order chi connectivity index (χ1) is 11.2. The number of rotatable bonds is 5. The van der Waals surface area contributed by atoms with Gasteiger partial charge in [-0.15, -0.1) is 0 Å². The molecule has 1 amide bonds. The number of nitrogens with two attached hydrogens (primary N) is 1. The summed E-state index contributed by atoms with van der Waals surface area (Å²) >= 11 is 0. The van der Waals surface area contributed by atoms with E-state index in [0.29, 0.717) is 19.4 Å². The minimum atomic E-state index is 0.0781. The molecule has 2 aliphatic rings. The van der Waals surface area contributed by atoms with E-state index in [-0.39, 0.29) is 17.7 Å². The third-order valence-electron chi connectivity index (χ3n) is 5.21. The van der Waals surface area contributed by atoms with Gasteiger partial charge in [-0.25, -0.2) is 0 Å². The summed E-state index contributed by atoms with van der Waals surface area (Å²) in [7, 11) is 0. The molecular formula is C19H26N2O2. The third kappa shape index (κ3) is 3.63. The number of nitrogens with zero attached hydrogens (tertiary/aromatic N) is 1. The van der Waals surface area contributed by atoms with Crippen molar-refractivity contribution in [3.8, 4) is 0 Å². The molecule has 23 heavy (non-hydrogen) atoms. The highest BCUT2D eigenvalue weighted by atomic mass is 16.2. The van der Waals surface area contributed by atoms with Crippen molar-refractivity contribution in [2.75, 3.05) is 13.1 Å². The second-order valence-corrected chi connectivity index (χ2v) is 6.73. The maximum Gasteiger partial charge on any atom is 0.223 e. The quantitative estimate of drug-likeness (QED) is 0.849. The summed E-state index contributed by atoms with van der Waals surface area (Å²) in [4.78, 5) is 26.7. The highest BCUT2D eigenvalue weighted by Crippen LogP contribution is 2.24. The van der Waals surface area contributed by atoms with Gasteiger partial charge in [0.1, 0.15) is 0 Å². The number of carbonyl (C=O) groups excluding carboxylic acids is 2. The highest BCUT2D eigenvalue weighted by Gasteiger charge is 2.25. The maximum absolute atomic E-state index is 12.4. The van der Waals surface area contributed by atoms with Gasteiger partial charge in [0, 0.05) is 37.5 Å². The van der Waals surface area contributed by atoms with E-state index in [0.717, 1.165) is 44.2 Å². The predicted molar refractivity (Wildman–Crippen MR) is 90.4 cm³/mol.